The molecule has 1 unspecified atom stereocenters. The molecule has 1 aromatic heterocycles. The zero-order valence-corrected chi connectivity index (χ0v) is 14.5. The number of nitrogens with zero attached hydrogens (tertiary/aromatic N) is 1. The summed E-state index contributed by atoms with van der Waals surface area (Å²) in [5.41, 5.74) is 1.26. The monoisotopic (exact) mass is 298 g/mol. The molecule has 0 aliphatic carbocycles. The maximum absolute atomic E-state index is 5.98. The highest BCUT2D eigenvalue weighted by Gasteiger charge is 2.13. The normalized spacial score (nSPS) is 13.1. The van der Waals surface area contributed by atoms with Gasteiger partial charge < -0.3 is 9.73 Å². The molecule has 0 fully saturated rings. The third-order valence-corrected chi connectivity index (χ3v) is 4.33. The number of aryl methyl sites for hydroxylation is 1. The summed E-state index contributed by atoms with van der Waals surface area (Å²) >= 11 is 1.91. The summed E-state index contributed by atoms with van der Waals surface area (Å²) in [6.45, 7) is 9.37. The molecular formula is C16H30N2OS. The number of rotatable bonds is 10. The van der Waals surface area contributed by atoms with Gasteiger partial charge in [0.1, 0.15) is 11.5 Å². The van der Waals surface area contributed by atoms with E-state index in [-0.39, 0.29) is 0 Å². The first-order chi connectivity index (χ1) is 9.58. The Balaban J connectivity index is 2.49. The molecule has 1 rings (SSSR count). The molecule has 0 spiro atoms. The quantitative estimate of drug-likeness (QED) is 0.667. The van der Waals surface area contributed by atoms with Crippen molar-refractivity contribution in [2.75, 3.05) is 25.6 Å². The lowest BCUT2D eigenvalue weighted by atomic mass is 10.2. The molecule has 0 saturated carbocycles. The summed E-state index contributed by atoms with van der Waals surface area (Å²) < 4.78 is 5.98. The Bertz CT molecular complexity index is 379. The van der Waals surface area contributed by atoms with Crippen LogP contribution in [0.25, 0.3) is 0 Å². The van der Waals surface area contributed by atoms with Crippen LogP contribution in [0.1, 0.15) is 43.8 Å². The van der Waals surface area contributed by atoms with Gasteiger partial charge >= 0.3 is 0 Å². The average molecular weight is 298 g/mol. The predicted octanol–water partition coefficient (Wildman–Crippen LogP) is 3.66. The molecule has 4 heteroatoms. The van der Waals surface area contributed by atoms with Crippen LogP contribution in [0.3, 0.4) is 0 Å². The molecule has 3 nitrogen and oxygen atoms in total. The maximum Gasteiger partial charge on any atom is 0.120 e. The Labute approximate surface area is 128 Å². The van der Waals surface area contributed by atoms with Gasteiger partial charge in [-0.15, -0.1) is 0 Å². The molecule has 1 aromatic rings. The van der Waals surface area contributed by atoms with Crippen LogP contribution in [0.5, 0.6) is 0 Å². The van der Waals surface area contributed by atoms with Crippen LogP contribution in [-0.4, -0.2) is 36.5 Å². The maximum atomic E-state index is 5.98. The van der Waals surface area contributed by atoms with Crippen LogP contribution in [-0.2, 0) is 13.1 Å². The summed E-state index contributed by atoms with van der Waals surface area (Å²) in [5, 5.41) is 3.40. The number of furan rings is 1. The highest BCUT2D eigenvalue weighted by Crippen LogP contribution is 2.17. The standard InChI is InChI=1S/C16H30N2OS/c1-6-8-17-11-16-13(2)10-15(19-16)12-18(4)14(3)7-9-20-5/h10,14,17H,6-9,11-12H2,1-5H3. The van der Waals surface area contributed by atoms with Gasteiger partial charge in [-0.3, -0.25) is 4.90 Å². The zero-order chi connectivity index (χ0) is 15.0. The van der Waals surface area contributed by atoms with Gasteiger partial charge in [0.25, 0.3) is 0 Å². The van der Waals surface area contributed by atoms with Crippen molar-refractivity contribution in [3.8, 4) is 0 Å². The minimum Gasteiger partial charge on any atom is -0.463 e. The van der Waals surface area contributed by atoms with Gasteiger partial charge in [-0.25, -0.2) is 0 Å². The van der Waals surface area contributed by atoms with Crippen molar-refractivity contribution in [1.82, 2.24) is 10.2 Å². The molecule has 0 amide bonds. The Kier molecular flexibility index (Phi) is 8.34. The van der Waals surface area contributed by atoms with Crippen molar-refractivity contribution in [3.63, 3.8) is 0 Å². The van der Waals surface area contributed by atoms with Crippen LogP contribution in [0.2, 0.25) is 0 Å². The summed E-state index contributed by atoms with van der Waals surface area (Å²) in [6.07, 6.45) is 4.54. The lowest BCUT2D eigenvalue weighted by Crippen LogP contribution is -2.28. The first kappa shape index (κ1) is 17.6. The van der Waals surface area contributed by atoms with E-state index in [1.807, 2.05) is 11.8 Å². The van der Waals surface area contributed by atoms with Gasteiger partial charge in [0, 0.05) is 6.04 Å². The molecule has 0 saturated heterocycles. The van der Waals surface area contributed by atoms with E-state index in [1.54, 1.807) is 0 Å². The SMILES string of the molecule is CCCNCc1oc(CN(C)C(C)CCSC)cc1C. The van der Waals surface area contributed by atoms with Crippen molar-refractivity contribution in [2.24, 2.45) is 0 Å². The van der Waals surface area contributed by atoms with Crippen LogP contribution in [0, 0.1) is 6.92 Å². The number of hydrogen-bond acceptors (Lipinski definition) is 4. The second-order valence-electron chi connectivity index (χ2n) is 5.54. The Morgan fingerprint density at radius 3 is 2.85 bits per heavy atom. The number of thioether (sulfide) groups is 1. The van der Waals surface area contributed by atoms with E-state index in [4.69, 9.17) is 4.42 Å². The summed E-state index contributed by atoms with van der Waals surface area (Å²) in [6, 6.07) is 2.77. The Hall–Kier alpha value is -0.450. The molecular weight excluding hydrogens is 268 g/mol. The van der Waals surface area contributed by atoms with E-state index in [2.05, 4.69) is 50.4 Å². The predicted molar refractivity (Wildman–Crippen MR) is 89.4 cm³/mol. The van der Waals surface area contributed by atoms with Crippen LogP contribution in [0.4, 0.5) is 0 Å². The molecule has 1 N–H and O–H groups in total. The van der Waals surface area contributed by atoms with Gasteiger partial charge in [0.2, 0.25) is 0 Å². The van der Waals surface area contributed by atoms with E-state index < -0.39 is 0 Å². The molecule has 20 heavy (non-hydrogen) atoms. The topological polar surface area (TPSA) is 28.4 Å². The zero-order valence-electron chi connectivity index (χ0n) is 13.7. The molecule has 0 bridgehead atoms. The van der Waals surface area contributed by atoms with Gasteiger partial charge in [0.15, 0.2) is 0 Å². The first-order valence-corrected chi connectivity index (χ1v) is 8.95. The van der Waals surface area contributed by atoms with Crippen molar-refractivity contribution in [3.05, 3.63) is 23.2 Å². The summed E-state index contributed by atoms with van der Waals surface area (Å²) in [4.78, 5) is 2.37. The van der Waals surface area contributed by atoms with Gasteiger partial charge in [0.05, 0.1) is 13.1 Å². The van der Waals surface area contributed by atoms with Crippen molar-refractivity contribution < 1.29 is 4.42 Å². The second kappa shape index (κ2) is 9.48. The Morgan fingerprint density at radius 2 is 2.20 bits per heavy atom. The smallest absolute Gasteiger partial charge is 0.120 e. The number of hydrogen-bond donors (Lipinski definition) is 1. The van der Waals surface area contributed by atoms with E-state index in [1.165, 1.54) is 17.7 Å². The molecule has 116 valence electrons. The molecule has 0 radical (unpaired) electrons. The van der Waals surface area contributed by atoms with Crippen LogP contribution >= 0.6 is 11.8 Å². The van der Waals surface area contributed by atoms with Crippen molar-refractivity contribution >= 4 is 11.8 Å². The van der Waals surface area contributed by atoms with Crippen LogP contribution in [0.15, 0.2) is 10.5 Å². The minimum atomic E-state index is 0.592. The fourth-order valence-electron chi connectivity index (χ4n) is 2.13. The van der Waals surface area contributed by atoms with Crippen LogP contribution < -0.4 is 5.32 Å². The largest absolute Gasteiger partial charge is 0.463 e. The molecule has 1 atom stereocenters. The fraction of sp³-hybridized carbons (Fsp3) is 0.750. The lowest BCUT2D eigenvalue weighted by molar-refractivity contribution is 0.223. The molecule has 0 aliphatic heterocycles. The van der Waals surface area contributed by atoms with Crippen molar-refractivity contribution in [1.29, 1.82) is 0 Å². The Morgan fingerprint density at radius 1 is 1.45 bits per heavy atom. The van der Waals surface area contributed by atoms with E-state index in [0.29, 0.717) is 6.04 Å². The van der Waals surface area contributed by atoms with Crippen molar-refractivity contribution in [2.45, 2.75) is 52.7 Å². The molecule has 0 aliphatic rings. The van der Waals surface area contributed by atoms with Gasteiger partial charge in [-0.2, -0.15) is 11.8 Å². The first-order valence-electron chi connectivity index (χ1n) is 7.56. The third kappa shape index (κ3) is 5.90. The fourth-order valence-corrected chi connectivity index (χ4v) is 2.71. The highest BCUT2D eigenvalue weighted by molar-refractivity contribution is 7.98. The number of nitrogens with one attached hydrogen (secondary N) is 1. The molecule has 1 heterocycles. The lowest BCUT2D eigenvalue weighted by Gasteiger charge is -2.23. The van der Waals surface area contributed by atoms with Gasteiger partial charge in [-0.1, -0.05) is 6.92 Å². The van der Waals surface area contributed by atoms with Gasteiger partial charge in [-0.05, 0) is 63.9 Å². The average Bonchev–Trinajstić information content (AvgIpc) is 2.76. The van der Waals surface area contributed by atoms with E-state index in [0.717, 1.165) is 37.6 Å². The summed E-state index contributed by atoms with van der Waals surface area (Å²) in [5.74, 6) is 3.38. The second-order valence-corrected chi connectivity index (χ2v) is 6.53. The molecule has 0 aromatic carbocycles. The highest BCUT2D eigenvalue weighted by atomic mass is 32.2. The minimum absolute atomic E-state index is 0.592. The van der Waals surface area contributed by atoms with E-state index in [9.17, 15) is 0 Å². The summed E-state index contributed by atoms with van der Waals surface area (Å²) in [7, 11) is 2.18. The van der Waals surface area contributed by atoms with E-state index >= 15 is 0 Å². The third-order valence-electron chi connectivity index (χ3n) is 3.68.